The molecule has 0 aromatic heterocycles. The fraction of sp³-hybridized carbons (Fsp3) is 0.188. The minimum absolute atomic E-state index is 0.178. The molecule has 2 rings (SSSR count). The van der Waals surface area contributed by atoms with E-state index in [1.165, 1.54) is 12.1 Å². The van der Waals surface area contributed by atoms with Crippen LogP contribution in [0.25, 0.3) is 0 Å². The van der Waals surface area contributed by atoms with E-state index in [1.54, 1.807) is 43.3 Å². The smallest absolute Gasteiger partial charge is 0.243 e. The number of benzene rings is 2. The van der Waals surface area contributed by atoms with Gasteiger partial charge in [0, 0.05) is 16.7 Å². The molecule has 1 N–H and O–H groups in total. The lowest BCUT2D eigenvalue weighted by molar-refractivity contribution is -0.116. The Hall–Kier alpha value is -1.70. The van der Waals surface area contributed by atoms with Crippen molar-refractivity contribution in [2.24, 2.45) is 0 Å². The first kappa shape index (κ1) is 17.7. The third-order valence-corrected chi connectivity index (χ3v) is 5.59. The first-order valence-corrected chi connectivity index (χ1v) is 9.27. The largest absolute Gasteiger partial charge is 0.325 e. The van der Waals surface area contributed by atoms with E-state index < -0.39 is 10.0 Å². The van der Waals surface area contributed by atoms with Crippen molar-refractivity contribution < 1.29 is 13.2 Å². The number of nitrogens with one attached hydrogen (secondary N) is 1. The van der Waals surface area contributed by atoms with Gasteiger partial charge in [0.1, 0.15) is 0 Å². The van der Waals surface area contributed by atoms with Crippen LogP contribution in [0, 0.1) is 0 Å². The fourth-order valence-electron chi connectivity index (χ4n) is 2.04. The number of rotatable bonds is 6. The molecule has 0 heterocycles. The molecule has 122 valence electrons. The molecular weight excluding hydrogens is 380 g/mol. The average Bonchev–Trinajstić information content (AvgIpc) is 2.53. The second-order valence-corrected chi connectivity index (χ2v) is 7.66. The Labute approximate surface area is 144 Å². The summed E-state index contributed by atoms with van der Waals surface area (Å²) in [5, 5.41) is 2.70. The maximum atomic E-state index is 12.5. The summed E-state index contributed by atoms with van der Waals surface area (Å²) in [5.74, 6) is -0.385. The second-order valence-electron chi connectivity index (χ2n) is 4.80. The second kappa shape index (κ2) is 7.72. The van der Waals surface area contributed by atoms with E-state index in [1.807, 2.05) is 6.07 Å². The van der Waals surface area contributed by atoms with E-state index in [0.29, 0.717) is 5.69 Å². The van der Waals surface area contributed by atoms with Crippen LogP contribution in [0.5, 0.6) is 0 Å². The fourth-order valence-corrected chi connectivity index (χ4v) is 3.86. The molecule has 0 spiro atoms. The van der Waals surface area contributed by atoms with Crippen molar-refractivity contribution in [3.05, 3.63) is 59.1 Å². The van der Waals surface area contributed by atoms with Crippen molar-refractivity contribution in [3.63, 3.8) is 0 Å². The number of nitrogens with zero attached hydrogens (tertiary/aromatic N) is 1. The molecule has 0 atom stereocenters. The number of hydrogen-bond donors (Lipinski definition) is 1. The molecule has 5 nitrogen and oxygen atoms in total. The molecule has 0 saturated carbocycles. The minimum Gasteiger partial charge on any atom is -0.325 e. The van der Waals surface area contributed by atoms with Crippen LogP contribution in [0.1, 0.15) is 6.92 Å². The summed E-state index contributed by atoms with van der Waals surface area (Å²) in [6, 6.07) is 15.2. The van der Waals surface area contributed by atoms with Crippen molar-refractivity contribution in [2.45, 2.75) is 11.8 Å². The summed E-state index contributed by atoms with van der Waals surface area (Å²) < 4.78 is 27.1. The number of likely N-dealkylation sites (N-methyl/N-ethyl adjacent to an activating group) is 1. The number of carbonyl (C=O) groups is 1. The molecule has 1 amide bonds. The quantitative estimate of drug-likeness (QED) is 0.815. The van der Waals surface area contributed by atoms with Crippen LogP contribution in [-0.2, 0) is 14.8 Å². The SMILES string of the molecule is CCN(CC(=O)Nc1cccc(Br)c1)S(=O)(=O)c1ccccc1. The standard InChI is InChI=1S/C16H17BrN2O3S/c1-2-19(23(21,22)15-9-4-3-5-10-15)12-16(20)18-14-8-6-7-13(17)11-14/h3-11H,2,12H2,1H3,(H,18,20). The first-order valence-electron chi connectivity index (χ1n) is 7.04. The van der Waals surface area contributed by atoms with Gasteiger partial charge in [0.2, 0.25) is 15.9 Å². The summed E-state index contributed by atoms with van der Waals surface area (Å²) in [6.45, 7) is 1.68. The zero-order valence-electron chi connectivity index (χ0n) is 12.6. The van der Waals surface area contributed by atoms with E-state index in [4.69, 9.17) is 0 Å². The number of halogens is 1. The molecule has 0 aliphatic rings. The Morgan fingerprint density at radius 3 is 2.43 bits per heavy atom. The van der Waals surface area contributed by atoms with Gasteiger partial charge in [-0.2, -0.15) is 4.31 Å². The van der Waals surface area contributed by atoms with Crippen molar-refractivity contribution >= 4 is 37.5 Å². The third-order valence-electron chi connectivity index (χ3n) is 3.16. The maximum absolute atomic E-state index is 12.5. The third kappa shape index (κ3) is 4.63. The Kier molecular flexibility index (Phi) is 5.92. The van der Waals surface area contributed by atoms with Gasteiger partial charge in [-0.1, -0.05) is 47.1 Å². The van der Waals surface area contributed by atoms with Gasteiger partial charge >= 0.3 is 0 Å². The number of anilines is 1. The molecule has 7 heteroatoms. The lowest BCUT2D eigenvalue weighted by Crippen LogP contribution is -2.37. The lowest BCUT2D eigenvalue weighted by atomic mass is 10.3. The molecule has 0 saturated heterocycles. The highest BCUT2D eigenvalue weighted by molar-refractivity contribution is 9.10. The normalized spacial score (nSPS) is 11.4. The van der Waals surface area contributed by atoms with Crippen LogP contribution < -0.4 is 5.32 Å². The van der Waals surface area contributed by atoms with Gasteiger partial charge in [0.25, 0.3) is 0 Å². The van der Waals surface area contributed by atoms with E-state index >= 15 is 0 Å². The summed E-state index contributed by atoms with van der Waals surface area (Å²) in [6.07, 6.45) is 0. The highest BCUT2D eigenvalue weighted by Crippen LogP contribution is 2.17. The van der Waals surface area contributed by atoms with Crippen LogP contribution in [0.3, 0.4) is 0 Å². The van der Waals surface area contributed by atoms with Crippen LogP contribution in [0.2, 0.25) is 0 Å². The van der Waals surface area contributed by atoms with Crippen LogP contribution in [0.4, 0.5) is 5.69 Å². The van der Waals surface area contributed by atoms with Gasteiger partial charge in [0.15, 0.2) is 0 Å². The highest BCUT2D eigenvalue weighted by atomic mass is 79.9. The van der Waals surface area contributed by atoms with Gasteiger partial charge in [-0.15, -0.1) is 0 Å². The van der Waals surface area contributed by atoms with Gasteiger partial charge in [-0.25, -0.2) is 8.42 Å². The highest BCUT2D eigenvalue weighted by Gasteiger charge is 2.24. The number of hydrogen-bond acceptors (Lipinski definition) is 3. The van der Waals surface area contributed by atoms with Gasteiger partial charge < -0.3 is 5.32 Å². The van der Waals surface area contributed by atoms with Crippen LogP contribution >= 0.6 is 15.9 Å². The van der Waals surface area contributed by atoms with E-state index in [-0.39, 0.29) is 23.9 Å². The van der Waals surface area contributed by atoms with E-state index in [9.17, 15) is 13.2 Å². The maximum Gasteiger partial charge on any atom is 0.243 e. The molecule has 0 bridgehead atoms. The van der Waals surface area contributed by atoms with Crippen molar-refractivity contribution in [3.8, 4) is 0 Å². The van der Waals surface area contributed by atoms with Crippen molar-refractivity contribution in [1.82, 2.24) is 4.31 Å². The van der Waals surface area contributed by atoms with Crippen molar-refractivity contribution in [2.75, 3.05) is 18.4 Å². The monoisotopic (exact) mass is 396 g/mol. The molecule has 0 aliphatic carbocycles. The zero-order chi connectivity index (χ0) is 16.9. The van der Waals surface area contributed by atoms with Crippen LogP contribution in [-0.4, -0.2) is 31.7 Å². The van der Waals surface area contributed by atoms with E-state index in [2.05, 4.69) is 21.2 Å². The Morgan fingerprint density at radius 1 is 1.13 bits per heavy atom. The molecule has 0 unspecified atom stereocenters. The van der Waals surface area contributed by atoms with Crippen LogP contribution in [0.15, 0.2) is 64.0 Å². The Balaban J connectivity index is 2.11. The molecule has 2 aromatic carbocycles. The minimum atomic E-state index is -3.68. The molecule has 0 radical (unpaired) electrons. The lowest BCUT2D eigenvalue weighted by Gasteiger charge is -2.20. The summed E-state index contributed by atoms with van der Waals surface area (Å²) >= 11 is 3.32. The molecule has 0 fully saturated rings. The topological polar surface area (TPSA) is 66.5 Å². The Morgan fingerprint density at radius 2 is 1.83 bits per heavy atom. The average molecular weight is 397 g/mol. The number of amides is 1. The van der Waals surface area contributed by atoms with Crippen molar-refractivity contribution in [1.29, 1.82) is 0 Å². The predicted molar refractivity (Wildman–Crippen MR) is 93.6 cm³/mol. The van der Waals surface area contributed by atoms with E-state index in [0.717, 1.165) is 8.78 Å². The molecule has 2 aromatic rings. The summed E-state index contributed by atoms with van der Waals surface area (Å²) in [7, 11) is -3.68. The zero-order valence-corrected chi connectivity index (χ0v) is 15.0. The number of sulfonamides is 1. The number of carbonyl (C=O) groups excluding carboxylic acids is 1. The Bertz CT molecular complexity index is 779. The van der Waals surface area contributed by atoms with Gasteiger partial charge in [-0.05, 0) is 30.3 Å². The van der Waals surface area contributed by atoms with Gasteiger partial charge in [0.05, 0.1) is 11.4 Å². The molecule has 0 aliphatic heterocycles. The van der Waals surface area contributed by atoms with Gasteiger partial charge in [-0.3, -0.25) is 4.79 Å². The summed E-state index contributed by atoms with van der Waals surface area (Å²) in [5.41, 5.74) is 0.609. The first-order chi connectivity index (χ1) is 10.9. The predicted octanol–water partition coefficient (Wildman–Crippen LogP) is 3.10. The molecular formula is C16H17BrN2O3S. The summed E-state index contributed by atoms with van der Waals surface area (Å²) in [4.78, 5) is 12.3. The molecule has 23 heavy (non-hydrogen) atoms.